The second-order valence-corrected chi connectivity index (χ2v) is 8.86. The molecule has 174 valence electrons. The fourth-order valence-corrected chi connectivity index (χ4v) is 5.40. The van der Waals surface area contributed by atoms with Crippen molar-refractivity contribution in [2.75, 3.05) is 6.61 Å². The molecule has 1 aliphatic rings. The van der Waals surface area contributed by atoms with Gasteiger partial charge in [-0.2, -0.15) is 0 Å². The van der Waals surface area contributed by atoms with Gasteiger partial charge in [-0.05, 0) is 48.9 Å². The van der Waals surface area contributed by atoms with E-state index >= 15 is 4.39 Å². The van der Waals surface area contributed by atoms with Crippen LogP contribution in [0.4, 0.5) is 8.78 Å². The number of hydrogen-bond donors (Lipinski definition) is 1. The molecule has 1 saturated carbocycles. The first-order valence-corrected chi connectivity index (χ1v) is 11.7. The lowest BCUT2D eigenvalue weighted by Gasteiger charge is -2.53. The molecule has 0 amide bonds. The quantitative estimate of drug-likeness (QED) is 0.420. The average molecular weight is 445 g/mol. The molecule has 4 atom stereocenters. The number of ether oxygens (including phenoxy) is 1. The summed E-state index contributed by atoms with van der Waals surface area (Å²) < 4.78 is 36.8. The predicted octanol–water partition coefficient (Wildman–Crippen LogP) is 6.59. The first-order chi connectivity index (χ1) is 15.4. The van der Waals surface area contributed by atoms with Crippen LogP contribution >= 0.6 is 0 Å². The second-order valence-electron chi connectivity index (χ2n) is 8.86. The van der Waals surface area contributed by atoms with Crippen molar-refractivity contribution in [3.8, 4) is 0 Å². The van der Waals surface area contributed by atoms with E-state index < -0.39 is 34.9 Å². The summed E-state index contributed by atoms with van der Waals surface area (Å²) in [5, 5.41) is 10.3. The lowest BCUT2D eigenvalue weighted by molar-refractivity contribution is -0.159. The van der Waals surface area contributed by atoms with Crippen LogP contribution in [0.25, 0.3) is 0 Å². The van der Waals surface area contributed by atoms with Crippen LogP contribution in [0.3, 0.4) is 0 Å². The summed E-state index contributed by atoms with van der Waals surface area (Å²) in [6.45, 7) is 4.58. The fourth-order valence-electron chi connectivity index (χ4n) is 5.40. The largest absolute Gasteiger partial charge is 0.480 e. The molecule has 1 aliphatic carbocycles. The smallest absolute Gasteiger partial charge is 0.317 e. The zero-order chi connectivity index (χ0) is 23.2. The molecular weight excluding hydrogens is 410 g/mol. The summed E-state index contributed by atoms with van der Waals surface area (Å²) in [7, 11) is 0. The minimum atomic E-state index is -1.76. The van der Waals surface area contributed by atoms with E-state index in [0.29, 0.717) is 25.0 Å². The van der Waals surface area contributed by atoms with Crippen LogP contribution in [-0.4, -0.2) is 30.0 Å². The third kappa shape index (κ3) is 4.32. The monoisotopic (exact) mass is 444 g/mol. The van der Waals surface area contributed by atoms with Gasteiger partial charge in [0.25, 0.3) is 0 Å². The molecule has 0 radical (unpaired) electrons. The van der Waals surface area contributed by atoms with Gasteiger partial charge >= 0.3 is 5.97 Å². The van der Waals surface area contributed by atoms with Gasteiger partial charge in [-0.15, -0.1) is 0 Å². The van der Waals surface area contributed by atoms with E-state index in [1.54, 1.807) is 0 Å². The van der Waals surface area contributed by atoms with Crippen LogP contribution in [0, 0.1) is 5.82 Å². The molecule has 1 N–H and O–H groups in total. The summed E-state index contributed by atoms with van der Waals surface area (Å²) in [4.78, 5) is 12.7. The zero-order valence-electron chi connectivity index (χ0n) is 19.0. The van der Waals surface area contributed by atoms with E-state index in [1.165, 1.54) is 24.3 Å². The minimum absolute atomic E-state index is 0.101. The zero-order valence-corrected chi connectivity index (χ0v) is 19.0. The highest BCUT2D eigenvalue weighted by Gasteiger charge is 2.63. The fraction of sp³-hybridized carbons (Fsp3) is 0.519. The average Bonchev–Trinajstić information content (AvgIpc) is 2.80. The number of alkyl halides is 1. The van der Waals surface area contributed by atoms with Gasteiger partial charge in [0.1, 0.15) is 17.4 Å². The Morgan fingerprint density at radius 3 is 2.31 bits per heavy atom. The van der Waals surface area contributed by atoms with Crippen LogP contribution in [-0.2, 0) is 20.4 Å². The highest BCUT2D eigenvalue weighted by Crippen LogP contribution is 2.54. The van der Waals surface area contributed by atoms with Crippen molar-refractivity contribution in [1.82, 2.24) is 0 Å². The van der Waals surface area contributed by atoms with E-state index in [4.69, 9.17) is 4.74 Å². The third-order valence-corrected chi connectivity index (χ3v) is 7.21. The molecule has 0 aromatic heterocycles. The number of hydrogen-bond acceptors (Lipinski definition) is 2. The van der Waals surface area contributed by atoms with E-state index in [1.807, 2.05) is 37.3 Å². The Kier molecular flexibility index (Phi) is 8.05. The number of carboxylic acids is 1. The van der Waals surface area contributed by atoms with Crippen LogP contribution in [0.15, 0.2) is 54.6 Å². The molecule has 2 aromatic rings. The second kappa shape index (κ2) is 10.6. The Morgan fingerprint density at radius 1 is 1.03 bits per heavy atom. The van der Waals surface area contributed by atoms with Gasteiger partial charge in [0, 0.05) is 6.61 Å². The maximum atomic E-state index is 16.9. The van der Waals surface area contributed by atoms with Gasteiger partial charge in [-0.25, -0.2) is 8.78 Å². The van der Waals surface area contributed by atoms with Crippen molar-refractivity contribution in [1.29, 1.82) is 0 Å². The molecule has 0 saturated heterocycles. The molecule has 4 unspecified atom stereocenters. The summed E-state index contributed by atoms with van der Waals surface area (Å²) in [5.41, 5.74) is -1.83. The normalized spacial score (nSPS) is 27.9. The molecule has 32 heavy (non-hydrogen) atoms. The van der Waals surface area contributed by atoms with Gasteiger partial charge in [-0.3, -0.25) is 4.79 Å². The van der Waals surface area contributed by atoms with E-state index in [0.717, 1.165) is 31.2 Å². The van der Waals surface area contributed by atoms with E-state index in [-0.39, 0.29) is 6.42 Å². The number of rotatable bonds is 10. The van der Waals surface area contributed by atoms with Gasteiger partial charge < -0.3 is 9.84 Å². The number of benzene rings is 2. The van der Waals surface area contributed by atoms with Crippen LogP contribution < -0.4 is 0 Å². The highest BCUT2D eigenvalue weighted by molar-refractivity contribution is 5.83. The maximum Gasteiger partial charge on any atom is 0.317 e. The highest BCUT2D eigenvalue weighted by atomic mass is 19.1. The van der Waals surface area contributed by atoms with Crippen molar-refractivity contribution in [3.63, 3.8) is 0 Å². The first-order valence-electron chi connectivity index (χ1n) is 11.7. The molecule has 0 aliphatic heterocycles. The molecule has 3 nitrogen and oxygen atoms in total. The first kappa shape index (κ1) is 24.4. The third-order valence-electron chi connectivity index (χ3n) is 7.21. The summed E-state index contributed by atoms with van der Waals surface area (Å²) in [5.74, 6) is -1.69. The van der Waals surface area contributed by atoms with Crippen molar-refractivity contribution in [2.45, 2.75) is 81.9 Å². The van der Waals surface area contributed by atoms with Crippen LogP contribution in [0.1, 0.15) is 69.9 Å². The molecule has 0 heterocycles. The van der Waals surface area contributed by atoms with Crippen molar-refractivity contribution in [2.24, 2.45) is 0 Å². The molecule has 0 bridgehead atoms. The topological polar surface area (TPSA) is 46.5 Å². The van der Waals surface area contributed by atoms with Gasteiger partial charge in [0.2, 0.25) is 0 Å². The van der Waals surface area contributed by atoms with Crippen LogP contribution in [0.2, 0.25) is 0 Å². The van der Waals surface area contributed by atoms with E-state index in [2.05, 4.69) is 6.92 Å². The van der Waals surface area contributed by atoms with Crippen molar-refractivity contribution in [3.05, 3.63) is 71.5 Å². The SMILES string of the molecule is CCCCCCOC1CCC(C(=O)O)(c2ccc(F)cc2)C(F)C1(CC)c1ccccc1. The molecule has 3 rings (SSSR count). The maximum absolute atomic E-state index is 16.9. The summed E-state index contributed by atoms with van der Waals surface area (Å²) in [6.07, 6.45) is 2.96. The molecule has 0 spiro atoms. The Labute approximate surface area is 189 Å². The van der Waals surface area contributed by atoms with Crippen molar-refractivity contribution >= 4 is 5.97 Å². The standard InChI is InChI=1S/C27H34F2O3/c1-3-5-6-10-19-32-23-17-18-27(25(30)31,21-13-15-22(28)16-14-21)24(29)26(23,4-2)20-11-8-7-9-12-20/h7-9,11-16,23-24H,3-6,10,17-19H2,1-2H3,(H,30,31). The Balaban J connectivity index is 2.06. The van der Waals surface area contributed by atoms with E-state index in [9.17, 15) is 14.3 Å². The molecule has 2 aromatic carbocycles. The molecule has 1 fully saturated rings. The summed E-state index contributed by atoms with van der Waals surface area (Å²) in [6, 6.07) is 14.5. The lowest BCUT2D eigenvalue weighted by Crippen LogP contribution is -2.63. The Morgan fingerprint density at radius 2 is 1.72 bits per heavy atom. The number of unbranched alkanes of at least 4 members (excludes halogenated alkanes) is 3. The number of halogens is 2. The van der Waals surface area contributed by atoms with Gasteiger partial charge in [0.15, 0.2) is 0 Å². The van der Waals surface area contributed by atoms with Crippen molar-refractivity contribution < 1.29 is 23.4 Å². The molecular formula is C27H34F2O3. The predicted molar refractivity (Wildman–Crippen MR) is 122 cm³/mol. The number of aliphatic carboxylic acids is 1. The van der Waals surface area contributed by atoms with Crippen LogP contribution in [0.5, 0.6) is 0 Å². The number of carboxylic acid groups (broad SMARTS) is 1. The lowest BCUT2D eigenvalue weighted by atomic mass is 9.53. The summed E-state index contributed by atoms with van der Waals surface area (Å²) >= 11 is 0. The minimum Gasteiger partial charge on any atom is -0.480 e. The Hall–Kier alpha value is -2.27. The Bertz CT molecular complexity index is 870. The molecule has 5 heteroatoms. The van der Waals surface area contributed by atoms with Gasteiger partial charge in [-0.1, -0.05) is 75.6 Å². The van der Waals surface area contributed by atoms with Gasteiger partial charge in [0.05, 0.1) is 11.5 Å². The number of carbonyl (C=O) groups is 1.